The molecule has 0 saturated carbocycles. The van der Waals surface area contributed by atoms with Crippen molar-refractivity contribution in [2.75, 3.05) is 5.32 Å². The fourth-order valence-corrected chi connectivity index (χ4v) is 1.88. The van der Waals surface area contributed by atoms with Gasteiger partial charge in [-0.3, -0.25) is 0 Å². The highest BCUT2D eigenvalue weighted by molar-refractivity contribution is 5.50. The quantitative estimate of drug-likeness (QED) is 0.883. The van der Waals surface area contributed by atoms with E-state index in [9.17, 15) is 14.8 Å². The zero-order valence-electron chi connectivity index (χ0n) is 10.4. The first kappa shape index (κ1) is 12.9. The van der Waals surface area contributed by atoms with Crippen molar-refractivity contribution in [1.82, 2.24) is 0 Å². The molecule has 3 nitrogen and oxygen atoms in total. The minimum Gasteiger partial charge on any atom is -0.508 e. The molecule has 0 saturated heterocycles. The van der Waals surface area contributed by atoms with Gasteiger partial charge in [0, 0.05) is 5.69 Å². The molecule has 0 bridgehead atoms. The largest absolute Gasteiger partial charge is 0.508 e. The van der Waals surface area contributed by atoms with Gasteiger partial charge in [0.1, 0.15) is 17.6 Å². The standard InChI is InChI=1S/C15H13FN2O/c1-10-5-12(16)8-13(6-10)18-15(9-17)11-3-2-4-14(19)7-11/h2-8,15,18-19H,1H3. The molecule has 0 aromatic heterocycles. The van der Waals surface area contributed by atoms with Crippen molar-refractivity contribution in [2.24, 2.45) is 0 Å². The van der Waals surface area contributed by atoms with Crippen LogP contribution in [0.1, 0.15) is 17.2 Å². The van der Waals surface area contributed by atoms with Gasteiger partial charge in [0.05, 0.1) is 6.07 Å². The molecule has 0 amide bonds. The van der Waals surface area contributed by atoms with Crippen LogP contribution in [0, 0.1) is 24.1 Å². The smallest absolute Gasteiger partial charge is 0.140 e. The number of nitrogens with zero attached hydrogens (tertiary/aromatic N) is 1. The molecule has 1 atom stereocenters. The van der Waals surface area contributed by atoms with Crippen LogP contribution in [0.25, 0.3) is 0 Å². The molecule has 96 valence electrons. The van der Waals surface area contributed by atoms with E-state index in [-0.39, 0.29) is 11.6 Å². The van der Waals surface area contributed by atoms with E-state index in [0.717, 1.165) is 5.56 Å². The van der Waals surface area contributed by atoms with Gasteiger partial charge in [-0.1, -0.05) is 12.1 Å². The molecular formula is C15H13FN2O. The Bertz CT molecular complexity index is 614. The number of halogens is 1. The molecular weight excluding hydrogens is 243 g/mol. The molecule has 2 aromatic rings. The lowest BCUT2D eigenvalue weighted by Gasteiger charge is -2.14. The van der Waals surface area contributed by atoms with Crippen LogP contribution in [0.4, 0.5) is 10.1 Å². The van der Waals surface area contributed by atoms with Crippen LogP contribution >= 0.6 is 0 Å². The van der Waals surface area contributed by atoms with Crippen LogP contribution in [-0.4, -0.2) is 5.11 Å². The summed E-state index contributed by atoms with van der Waals surface area (Å²) in [7, 11) is 0. The summed E-state index contributed by atoms with van der Waals surface area (Å²) in [6.45, 7) is 1.78. The van der Waals surface area contributed by atoms with E-state index in [4.69, 9.17) is 0 Å². The van der Waals surface area contributed by atoms with Gasteiger partial charge < -0.3 is 10.4 Å². The number of aromatic hydroxyl groups is 1. The number of nitriles is 1. The summed E-state index contributed by atoms with van der Waals surface area (Å²) in [6, 6.07) is 12.4. The molecule has 0 aliphatic heterocycles. The van der Waals surface area contributed by atoms with E-state index >= 15 is 0 Å². The number of phenols is 1. The van der Waals surface area contributed by atoms with E-state index in [1.807, 2.05) is 0 Å². The number of hydrogen-bond acceptors (Lipinski definition) is 3. The number of phenolic OH excluding ortho intramolecular Hbond substituents is 1. The summed E-state index contributed by atoms with van der Waals surface area (Å²) in [5.74, 6) is -0.259. The van der Waals surface area contributed by atoms with Crippen LogP contribution in [-0.2, 0) is 0 Å². The van der Waals surface area contributed by atoms with Crippen molar-refractivity contribution < 1.29 is 9.50 Å². The predicted molar refractivity (Wildman–Crippen MR) is 71.2 cm³/mol. The van der Waals surface area contributed by atoms with Crippen LogP contribution in [0.15, 0.2) is 42.5 Å². The van der Waals surface area contributed by atoms with E-state index in [1.54, 1.807) is 25.1 Å². The SMILES string of the molecule is Cc1cc(F)cc(NC(C#N)c2cccc(O)c2)c1. The zero-order valence-corrected chi connectivity index (χ0v) is 10.4. The molecule has 1 unspecified atom stereocenters. The number of rotatable bonds is 3. The topological polar surface area (TPSA) is 56.0 Å². The normalized spacial score (nSPS) is 11.6. The van der Waals surface area contributed by atoms with Gasteiger partial charge in [0.25, 0.3) is 0 Å². The fourth-order valence-electron chi connectivity index (χ4n) is 1.88. The van der Waals surface area contributed by atoms with Gasteiger partial charge in [-0.05, 0) is 48.4 Å². The van der Waals surface area contributed by atoms with Gasteiger partial charge in [-0.25, -0.2) is 4.39 Å². The molecule has 0 radical (unpaired) electrons. The Morgan fingerprint density at radius 3 is 2.68 bits per heavy atom. The number of aryl methyl sites for hydroxylation is 1. The first-order valence-corrected chi connectivity index (χ1v) is 5.81. The monoisotopic (exact) mass is 256 g/mol. The second kappa shape index (κ2) is 5.40. The number of benzene rings is 2. The number of anilines is 1. The predicted octanol–water partition coefficient (Wildman–Crippen LogP) is 3.52. The summed E-state index contributed by atoms with van der Waals surface area (Å²) in [5, 5.41) is 21.5. The zero-order chi connectivity index (χ0) is 13.8. The highest BCUT2D eigenvalue weighted by Gasteiger charge is 2.11. The van der Waals surface area contributed by atoms with E-state index in [2.05, 4.69) is 11.4 Å². The molecule has 0 aliphatic carbocycles. The summed E-state index contributed by atoms with van der Waals surface area (Å²) in [5.41, 5.74) is 1.94. The molecule has 0 aliphatic rings. The third-order valence-electron chi connectivity index (χ3n) is 2.69. The van der Waals surface area contributed by atoms with E-state index in [0.29, 0.717) is 11.3 Å². The van der Waals surface area contributed by atoms with Crippen LogP contribution in [0.2, 0.25) is 0 Å². The lowest BCUT2D eigenvalue weighted by atomic mass is 10.1. The van der Waals surface area contributed by atoms with Crippen LogP contribution in [0.3, 0.4) is 0 Å². The van der Waals surface area contributed by atoms with Crippen molar-refractivity contribution in [3.63, 3.8) is 0 Å². The third-order valence-corrected chi connectivity index (χ3v) is 2.69. The minimum atomic E-state index is -0.645. The maximum atomic E-state index is 13.3. The van der Waals surface area contributed by atoms with Crippen molar-refractivity contribution in [3.05, 3.63) is 59.4 Å². The Balaban J connectivity index is 2.27. The summed E-state index contributed by atoms with van der Waals surface area (Å²) < 4.78 is 13.3. The molecule has 0 heterocycles. The molecule has 19 heavy (non-hydrogen) atoms. The lowest BCUT2D eigenvalue weighted by Crippen LogP contribution is -2.08. The van der Waals surface area contributed by atoms with Gasteiger partial charge >= 0.3 is 0 Å². The molecule has 2 N–H and O–H groups in total. The maximum absolute atomic E-state index is 13.3. The Labute approximate surface area is 110 Å². The summed E-state index contributed by atoms with van der Waals surface area (Å²) >= 11 is 0. The maximum Gasteiger partial charge on any atom is 0.140 e. The Kier molecular flexibility index (Phi) is 3.67. The van der Waals surface area contributed by atoms with E-state index < -0.39 is 6.04 Å². The van der Waals surface area contributed by atoms with Crippen molar-refractivity contribution in [3.8, 4) is 11.8 Å². The van der Waals surface area contributed by atoms with Gasteiger partial charge in [0.15, 0.2) is 0 Å². The third kappa shape index (κ3) is 3.23. The second-order valence-corrected chi connectivity index (χ2v) is 4.32. The van der Waals surface area contributed by atoms with Gasteiger partial charge in [-0.2, -0.15) is 5.26 Å². The number of hydrogen-bond donors (Lipinski definition) is 2. The van der Waals surface area contributed by atoms with Crippen molar-refractivity contribution in [1.29, 1.82) is 5.26 Å². The molecule has 4 heteroatoms. The molecule has 2 aromatic carbocycles. The molecule has 0 spiro atoms. The van der Waals surface area contributed by atoms with E-state index in [1.165, 1.54) is 24.3 Å². The average Bonchev–Trinajstić information content (AvgIpc) is 2.34. The van der Waals surface area contributed by atoms with Crippen molar-refractivity contribution >= 4 is 5.69 Å². The second-order valence-electron chi connectivity index (χ2n) is 4.32. The first-order valence-electron chi connectivity index (χ1n) is 5.81. The summed E-state index contributed by atoms with van der Waals surface area (Å²) in [4.78, 5) is 0. The molecule has 2 rings (SSSR count). The highest BCUT2D eigenvalue weighted by Crippen LogP contribution is 2.23. The fraction of sp³-hybridized carbons (Fsp3) is 0.133. The van der Waals surface area contributed by atoms with Crippen LogP contribution in [0.5, 0.6) is 5.75 Å². The minimum absolute atomic E-state index is 0.0926. The number of nitrogens with one attached hydrogen (secondary N) is 1. The van der Waals surface area contributed by atoms with Crippen molar-refractivity contribution in [2.45, 2.75) is 13.0 Å². The first-order chi connectivity index (χ1) is 9.08. The van der Waals surface area contributed by atoms with Crippen LogP contribution < -0.4 is 5.32 Å². The Hall–Kier alpha value is -2.54. The Morgan fingerprint density at radius 2 is 2.05 bits per heavy atom. The summed E-state index contributed by atoms with van der Waals surface area (Å²) in [6.07, 6.45) is 0. The Morgan fingerprint density at radius 1 is 1.26 bits per heavy atom. The molecule has 0 fully saturated rings. The lowest BCUT2D eigenvalue weighted by molar-refractivity contribution is 0.474. The van der Waals surface area contributed by atoms with Gasteiger partial charge in [0.2, 0.25) is 0 Å². The average molecular weight is 256 g/mol. The highest BCUT2D eigenvalue weighted by atomic mass is 19.1. The van der Waals surface area contributed by atoms with Gasteiger partial charge in [-0.15, -0.1) is 0 Å².